The van der Waals surface area contributed by atoms with Gasteiger partial charge in [-0.1, -0.05) is 18.2 Å². The van der Waals surface area contributed by atoms with E-state index in [1.807, 2.05) is 30.3 Å². The van der Waals surface area contributed by atoms with Crippen LogP contribution in [0.25, 0.3) is 0 Å². The van der Waals surface area contributed by atoms with Crippen LogP contribution in [0.3, 0.4) is 0 Å². The molecule has 1 aliphatic heterocycles. The number of nitrogens with zero attached hydrogens (tertiary/aromatic N) is 1. The Morgan fingerprint density at radius 3 is 2.64 bits per heavy atom. The zero-order chi connectivity index (χ0) is 17.4. The molecule has 0 bridgehead atoms. The Morgan fingerprint density at radius 1 is 1.24 bits per heavy atom. The Labute approximate surface area is 146 Å². The third-order valence-corrected chi connectivity index (χ3v) is 4.74. The molecule has 3 atom stereocenters. The first-order valence-corrected chi connectivity index (χ1v) is 8.45. The number of benzene rings is 2. The largest absolute Gasteiger partial charge is 0.351 e. The lowest BCUT2D eigenvalue weighted by atomic mass is 10.1. The number of hydrogen-bond donors (Lipinski definition) is 3. The second-order valence-electron chi connectivity index (χ2n) is 6.52. The van der Waals surface area contributed by atoms with Gasteiger partial charge in [0.25, 0.3) is 5.91 Å². The molecule has 1 heterocycles. The van der Waals surface area contributed by atoms with Gasteiger partial charge in [-0.25, -0.2) is 0 Å². The van der Waals surface area contributed by atoms with Crippen molar-refractivity contribution in [2.24, 2.45) is 5.73 Å². The summed E-state index contributed by atoms with van der Waals surface area (Å²) >= 11 is 0. The maximum absolute atomic E-state index is 12.5. The fourth-order valence-corrected chi connectivity index (χ4v) is 3.15. The van der Waals surface area contributed by atoms with Crippen molar-refractivity contribution >= 4 is 17.3 Å². The summed E-state index contributed by atoms with van der Waals surface area (Å²) in [7, 11) is 0. The van der Waals surface area contributed by atoms with Crippen LogP contribution in [0.5, 0.6) is 0 Å². The summed E-state index contributed by atoms with van der Waals surface area (Å²) < 4.78 is 5.13. The van der Waals surface area contributed by atoms with Crippen LogP contribution in [0.4, 0.5) is 11.4 Å². The van der Waals surface area contributed by atoms with Crippen molar-refractivity contribution in [3.63, 3.8) is 0 Å². The summed E-state index contributed by atoms with van der Waals surface area (Å²) in [5.41, 5.74) is 9.13. The van der Waals surface area contributed by atoms with Crippen molar-refractivity contribution in [3.8, 4) is 0 Å². The lowest BCUT2D eigenvalue weighted by molar-refractivity contribution is -0.0573. The van der Waals surface area contributed by atoms with E-state index in [-0.39, 0.29) is 11.9 Å². The van der Waals surface area contributed by atoms with E-state index < -0.39 is 6.41 Å². The molecule has 4 N–H and O–H groups in total. The number of rotatable bonds is 4. The quantitative estimate of drug-likeness (QED) is 0.791. The lowest BCUT2D eigenvalue weighted by Gasteiger charge is -2.20. The number of amides is 1. The van der Waals surface area contributed by atoms with Crippen LogP contribution in [-0.2, 0) is 4.74 Å². The van der Waals surface area contributed by atoms with Gasteiger partial charge in [0, 0.05) is 35.4 Å². The highest BCUT2D eigenvalue weighted by atomic mass is 16.6. The standard InChI is InChI=1S/C19H21N3O3/c20-17-11-16(17)12-4-6-14(7-5-12)21-18(23)13-2-1-3-15(10-13)22-8-9-25-19(22)24/h1-7,10,16-17,19,24H,8-9,11,20H2,(H,21,23)/t16-,17+,19?/m0/s1. The zero-order valence-corrected chi connectivity index (χ0v) is 13.8. The van der Waals surface area contributed by atoms with Gasteiger partial charge in [-0.05, 0) is 42.3 Å². The van der Waals surface area contributed by atoms with Crippen LogP contribution in [0.1, 0.15) is 28.3 Å². The van der Waals surface area contributed by atoms with Gasteiger partial charge in [0.2, 0.25) is 6.41 Å². The van der Waals surface area contributed by atoms with E-state index in [0.717, 1.165) is 17.8 Å². The molecule has 2 fully saturated rings. The Balaban J connectivity index is 1.45. The third-order valence-electron chi connectivity index (χ3n) is 4.74. The fourth-order valence-electron chi connectivity index (χ4n) is 3.15. The van der Waals surface area contributed by atoms with Crippen molar-refractivity contribution < 1.29 is 14.6 Å². The molecule has 6 nitrogen and oxygen atoms in total. The number of carbonyl (C=O) groups excluding carboxylic acids is 1. The summed E-state index contributed by atoms with van der Waals surface area (Å²) in [6, 6.07) is 15.3. The maximum Gasteiger partial charge on any atom is 0.255 e. The molecule has 0 aromatic heterocycles. The van der Waals surface area contributed by atoms with Crippen LogP contribution < -0.4 is 16.0 Å². The number of anilines is 2. The molecule has 6 heteroatoms. The van der Waals surface area contributed by atoms with Crippen molar-refractivity contribution in [2.75, 3.05) is 23.4 Å². The number of hydrogen-bond acceptors (Lipinski definition) is 5. The van der Waals surface area contributed by atoms with Crippen LogP contribution in [0, 0.1) is 0 Å². The minimum atomic E-state index is -0.959. The average molecular weight is 339 g/mol. The highest BCUT2D eigenvalue weighted by Crippen LogP contribution is 2.39. The van der Waals surface area contributed by atoms with Gasteiger partial charge in [-0.3, -0.25) is 4.79 Å². The number of nitrogens with two attached hydrogens (primary N) is 1. The van der Waals surface area contributed by atoms with Gasteiger partial charge in [0.15, 0.2) is 0 Å². The van der Waals surface area contributed by atoms with E-state index in [2.05, 4.69) is 5.32 Å². The topological polar surface area (TPSA) is 87.8 Å². The first-order valence-electron chi connectivity index (χ1n) is 8.45. The molecule has 25 heavy (non-hydrogen) atoms. The summed E-state index contributed by atoms with van der Waals surface area (Å²) in [5, 5.41) is 12.7. The molecular weight excluding hydrogens is 318 g/mol. The van der Waals surface area contributed by atoms with Gasteiger partial charge < -0.3 is 25.8 Å². The first kappa shape index (κ1) is 16.1. The van der Waals surface area contributed by atoms with Crippen molar-refractivity contribution in [2.45, 2.75) is 24.8 Å². The lowest BCUT2D eigenvalue weighted by Crippen LogP contribution is -2.29. The number of aliphatic hydroxyl groups excluding tert-OH is 1. The average Bonchev–Trinajstić information content (AvgIpc) is 3.20. The zero-order valence-electron chi connectivity index (χ0n) is 13.8. The number of ether oxygens (including phenoxy) is 1. The van der Waals surface area contributed by atoms with Crippen LogP contribution in [-0.4, -0.2) is 36.6 Å². The Morgan fingerprint density at radius 2 is 2.00 bits per heavy atom. The monoisotopic (exact) mass is 339 g/mol. The van der Waals surface area contributed by atoms with Crippen molar-refractivity contribution in [1.29, 1.82) is 0 Å². The van der Waals surface area contributed by atoms with Gasteiger partial charge in [-0.15, -0.1) is 0 Å². The van der Waals surface area contributed by atoms with Crippen molar-refractivity contribution in [3.05, 3.63) is 59.7 Å². The molecular formula is C19H21N3O3. The summed E-state index contributed by atoms with van der Waals surface area (Å²) in [6.45, 7) is 1.06. The summed E-state index contributed by atoms with van der Waals surface area (Å²) in [4.78, 5) is 14.2. The third kappa shape index (κ3) is 3.37. The Kier molecular flexibility index (Phi) is 4.17. The molecule has 1 saturated carbocycles. The van der Waals surface area contributed by atoms with E-state index in [4.69, 9.17) is 10.5 Å². The van der Waals surface area contributed by atoms with E-state index in [0.29, 0.717) is 24.6 Å². The second kappa shape index (κ2) is 6.48. The molecule has 1 aliphatic carbocycles. The molecule has 1 unspecified atom stereocenters. The molecule has 2 aromatic rings. The molecule has 1 amide bonds. The predicted octanol–water partition coefficient (Wildman–Crippen LogP) is 1.87. The molecule has 1 saturated heterocycles. The number of aliphatic hydroxyl groups is 1. The van der Waals surface area contributed by atoms with Crippen molar-refractivity contribution in [1.82, 2.24) is 0 Å². The Hall–Kier alpha value is -2.41. The number of nitrogens with one attached hydrogen (secondary N) is 1. The minimum Gasteiger partial charge on any atom is -0.351 e. The molecule has 2 aliphatic rings. The predicted molar refractivity (Wildman–Crippen MR) is 95.5 cm³/mol. The smallest absolute Gasteiger partial charge is 0.255 e. The molecule has 0 radical (unpaired) electrons. The van der Waals surface area contributed by atoms with E-state index in [9.17, 15) is 9.90 Å². The van der Waals surface area contributed by atoms with Crippen LogP contribution >= 0.6 is 0 Å². The molecule has 130 valence electrons. The first-order chi connectivity index (χ1) is 12.1. The Bertz CT molecular complexity index is 778. The van der Waals surface area contributed by atoms with Gasteiger partial charge in [0.05, 0.1) is 6.61 Å². The highest BCUT2D eigenvalue weighted by Gasteiger charge is 2.34. The molecule has 4 rings (SSSR count). The van der Waals surface area contributed by atoms with Crippen LogP contribution in [0.2, 0.25) is 0 Å². The molecule has 2 aromatic carbocycles. The van der Waals surface area contributed by atoms with E-state index in [1.54, 1.807) is 23.1 Å². The fraction of sp³-hybridized carbons (Fsp3) is 0.316. The van der Waals surface area contributed by atoms with E-state index in [1.165, 1.54) is 5.56 Å². The SMILES string of the molecule is N[C@@H]1C[C@H]1c1ccc(NC(=O)c2cccc(N3CCOC3O)c2)cc1. The maximum atomic E-state index is 12.5. The second-order valence-corrected chi connectivity index (χ2v) is 6.52. The van der Waals surface area contributed by atoms with Gasteiger partial charge in [-0.2, -0.15) is 0 Å². The summed E-state index contributed by atoms with van der Waals surface area (Å²) in [5.74, 6) is 0.267. The normalized spacial score (nSPS) is 25.0. The van der Waals surface area contributed by atoms with Gasteiger partial charge >= 0.3 is 0 Å². The summed E-state index contributed by atoms with van der Waals surface area (Å²) in [6.07, 6.45) is 0.0736. The van der Waals surface area contributed by atoms with E-state index >= 15 is 0 Å². The molecule has 0 spiro atoms. The highest BCUT2D eigenvalue weighted by molar-refractivity contribution is 6.04. The number of carbonyl (C=O) groups is 1. The minimum absolute atomic E-state index is 0.188. The van der Waals surface area contributed by atoms with Crippen LogP contribution in [0.15, 0.2) is 48.5 Å². The van der Waals surface area contributed by atoms with Gasteiger partial charge in [0.1, 0.15) is 0 Å².